The van der Waals surface area contributed by atoms with Gasteiger partial charge in [-0.05, 0) is 31.5 Å². The van der Waals surface area contributed by atoms with Crippen LogP contribution in [0.4, 0.5) is 4.39 Å². The third-order valence-electron chi connectivity index (χ3n) is 3.13. The Labute approximate surface area is 155 Å². The van der Waals surface area contributed by atoms with Crippen molar-refractivity contribution in [2.24, 2.45) is 0 Å². The number of halogens is 1. The van der Waals surface area contributed by atoms with Crippen molar-refractivity contribution in [2.75, 3.05) is 20.3 Å². The van der Waals surface area contributed by atoms with E-state index in [-0.39, 0.29) is 18.1 Å². The lowest BCUT2D eigenvalue weighted by Gasteiger charge is -2.07. The van der Waals surface area contributed by atoms with Crippen molar-refractivity contribution in [3.63, 3.8) is 0 Å². The molecule has 0 spiro atoms. The lowest BCUT2D eigenvalue weighted by Crippen LogP contribution is -2.06. The second kappa shape index (κ2) is 14.8. The molecule has 0 radical (unpaired) electrons. The maximum atomic E-state index is 13.6. The van der Waals surface area contributed by atoms with Crippen LogP contribution in [-0.2, 0) is 9.53 Å². The molecule has 0 aliphatic carbocycles. The fourth-order valence-electron chi connectivity index (χ4n) is 1.76. The molecule has 0 fully saturated rings. The summed E-state index contributed by atoms with van der Waals surface area (Å²) in [4.78, 5) is 21.6. The summed E-state index contributed by atoms with van der Waals surface area (Å²) in [6.45, 7) is 7.94. The second-order valence-corrected chi connectivity index (χ2v) is 5.17. The maximum Gasteiger partial charge on any atom is 0.165 e. The molecule has 0 N–H and O–H groups in total. The molecule has 0 heterocycles. The fraction of sp³-hybridized carbons (Fsp3) is 0.333. The molecule has 0 bridgehead atoms. The number of ether oxygens (including phenoxy) is 2. The molecular weight excluding hydrogens is 335 g/mol. The predicted molar refractivity (Wildman–Crippen MR) is 102 cm³/mol. The van der Waals surface area contributed by atoms with Crippen LogP contribution in [-0.4, -0.2) is 32.4 Å². The molecule has 142 valence electrons. The van der Waals surface area contributed by atoms with E-state index in [2.05, 4.69) is 6.58 Å². The van der Waals surface area contributed by atoms with E-state index in [1.165, 1.54) is 18.2 Å². The first-order chi connectivity index (χ1) is 12.5. The number of benzene rings is 1. The third kappa shape index (κ3) is 9.69. The zero-order valence-corrected chi connectivity index (χ0v) is 15.7. The molecule has 1 aromatic carbocycles. The van der Waals surface area contributed by atoms with Crippen LogP contribution in [0.2, 0.25) is 0 Å². The number of ketones is 1. The van der Waals surface area contributed by atoms with Gasteiger partial charge in [-0.25, -0.2) is 4.39 Å². The smallest absolute Gasteiger partial charge is 0.165 e. The average Bonchev–Trinajstić information content (AvgIpc) is 2.65. The van der Waals surface area contributed by atoms with E-state index in [1.54, 1.807) is 25.3 Å². The molecule has 4 nitrogen and oxygen atoms in total. The minimum absolute atomic E-state index is 0.0464. The van der Waals surface area contributed by atoms with E-state index in [0.717, 1.165) is 12.7 Å². The van der Waals surface area contributed by atoms with Crippen LogP contribution in [0.3, 0.4) is 0 Å². The maximum absolute atomic E-state index is 13.6. The van der Waals surface area contributed by atoms with Crippen molar-refractivity contribution < 1.29 is 23.5 Å². The summed E-state index contributed by atoms with van der Waals surface area (Å²) in [5, 5.41) is 0. The monoisotopic (exact) mass is 362 g/mol. The van der Waals surface area contributed by atoms with Crippen molar-refractivity contribution in [1.29, 1.82) is 0 Å². The van der Waals surface area contributed by atoms with Crippen molar-refractivity contribution in [2.45, 2.75) is 26.7 Å². The summed E-state index contributed by atoms with van der Waals surface area (Å²) in [6, 6.07) is 4.29. The highest BCUT2D eigenvalue weighted by atomic mass is 19.1. The standard InChI is InChI=1S/C13H17FO3.C8H10O/c1-3-4-12(15)10-5-6-13(11(14)9-10)17-8-7-16-2;1-3-5-6-8(4-2)7-9/h5-6,9H,3-4,7-8H2,1-2H3;3-7H,2H2,1H3/b;5-3-,8-6+. The van der Waals surface area contributed by atoms with Crippen LogP contribution in [0.1, 0.15) is 37.0 Å². The molecule has 0 saturated carbocycles. The largest absolute Gasteiger partial charge is 0.488 e. The van der Waals surface area contributed by atoms with Gasteiger partial charge in [-0.15, -0.1) is 0 Å². The van der Waals surface area contributed by atoms with Crippen LogP contribution >= 0.6 is 0 Å². The topological polar surface area (TPSA) is 52.6 Å². The lowest BCUT2D eigenvalue weighted by atomic mass is 10.1. The molecule has 0 saturated heterocycles. The van der Waals surface area contributed by atoms with Crippen LogP contribution in [0.15, 0.2) is 54.7 Å². The number of Topliss-reactive ketones (excluding diaryl/α,β-unsaturated/α-hetero) is 1. The highest BCUT2D eigenvalue weighted by Gasteiger charge is 2.09. The molecule has 0 amide bonds. The number of hydrogen-bond donors (Lipinski definition) is 0. The quantitative estimate of drug-likeness (QED) is 0.199. The zero-order chi connectivity index (χ0) is 19.8. The number of aldehydes is 1. The Bertz CT molecular complexity index is 623. The molecule has 26 heavy (non-hydrogen) atoms. The van der Waals surface area contributed by atoms with E-state index in [1.807, 2.05) is 19.9 Å². The van der Waals surface area contributed by atoms with Gasteiger partial charge in [-0.2, -0.15) is 0 Å². The number of carbonyl (C=O) groups is 2. The van der Waals surface area contributed by atoms with Gasteiger partial charge < -0.3 is 9.47 Å². The second-order valence-electron chi connectivity index (χ2n) is 5.17. The molecule has 5 heteroatoms. The van der Waals surface area contributed by atoms with Gasteiger partial charge in [-0.1, -0.05) is 37.8 Å². The SMILES string of the molecule is C=C/C(C=O)=C\C=C/C.CCCC(=O)c1ccc(OCCOC)c(F)c1. The fourth-order valence-corrected chi connectivity index (χ4v) is 1.76. The molecular formula is C21H27FO4. The summed E-state index contributed by atoms with van der Waals surface area (Å²) < 4.78 is 23.5. The van der Waals surface area contributed by atoms with E-state index < -0.39 is 5.82 Å². The normalized spacial score (nSPS) is 10.8. The molecule has 0 atom stereocenters. The number of methoxy groups -OCH3 is 1. The van der Waals surface area contributed by atoms with Gasteiger partial charge in [0.05, 0.1) is 6.61 Å². The Morgan fingerprint density at radius 3 is 2.54 bits per heavy atom. The van der Waals surface area contributed by atoms with Gasteiger partial charge in [0.15, 0.2) is 17.3 Å². The van der Waals surface area contributed by atoms with E-state index >= 15 is 0 Å². The van der Waals surface area contributed by atoms with E-state index in [4.69, 9.17) is 9.47 Å². The molecule has 0 aliphatic heterocycles. The van der Waals surface area contributed by atoms with Crippen molar-refractivity contribution >= 4 is 12.1 Å². The van der Waals surface area contributed by atoms with Crippen molar-refractivity contribution in [1.82, 2.24) is 0 Å². The van der Waals surface area contributed by atoms with Crippen LogP contribution < -0.4 is 4.74 Å². The van der Waals surface area contributed by atoms with Crippen molar-refractivity contribution in [3.8, 4) is 5.75 Å². The summed E-state index contributed by atoms with van der Waals surface area (Å²) in [5.74, 6) is -0.409. The van der Waals surface area contributed by atoms with Crippen molar-refractivity contribution in [3.05, 3.63) is 66.0 Å². The lowest BCUT2D eigenvalue weighted by molar-refractivity contribution is -0.104. The van der Waals surface area contributed by atoms with Gasteiger partial charge in [-0.3, -0.25) is 9.59 Å². The Balaban J connectivity index is 0.000000590. The summed E-state index contributed by atoms with van der Waals surface area (Å²) >= 11 is 0. The molecule has 0 unspecified atom stereocenters. The highest BCUT2D eigenvalue weighted by Crippen LogP contribution is 2.19. The summed E-state index contributed by atoms with van der Waals surface area (Å²) in [6.07, 6.45) is 8.84. The van der Waals surface area contributed by atoms with Crippen LogP contribution in [0, 0.1) is 5.82 Å². The first-order valence-electron chi connectivity index (χ1n) is 8.39. The van der Waals surface area contributed by atoms with Crippen LogP contribution in [0.5, 0.6) is 5.75 Å². The Kier molecular flexibility index (Phi) is 13.3. The Morgan fingerprint density at radius 2 is 2.04 bits per heavy atom. The van der Waals surface area contributed by atoms with Gasteiger partial charge in [0.2, 0.25) is 0 Å². The number of carbonyl (C=O) groups excluding carboxylic acids is 2. The minimum Gasteiger partial charge on any atom is -0.488 e. The number of hydrogen-bond acceptors (Lipinski definition) is 4. The number of rotatable bonds is 10. The van der Waals surface area contributed by atoms with Gasteiger partial charge >= 0.3 is 0 Å². The Hall–Kier alpha value is -2.53. The Morgan fingerprint density at radius 1 is 1.31 bits per heavy atom. The van der Waals surface area contributed by atoms with E-state index in [0.29, 0.717) is 24.2 Å². The van der Waals surface area contributed by atoms with E-state index in [9.17, 15) is 14.0 Å². The first kappa shape index (κ1) is 23.5. The molecule has 1 rings (SSSR count). The highest BCUT2D eigenvalue weighted by molar-refractivity contribution is 5.96. The summed E-state index contributed by atoms with van der Waals surface area (Å²) in [7, 11) is 1.55. The van der Waals surface area contributed by atoms with Crippen LogP contribution in [0.25, 0.3) is 0 Å². The number of allylic oxidation sites excluding steroid dienone is 5. The molecule has 0 aliphatic rings. The summed E-state index contributed by atoms with van der Waals surface area (Å²) in [5.41, 5.74) is 0.997. The minimum atomic E-state index is -0.511. The van der Waals surface area contributed by atoms with Gasteiger partial charge in [0, 0.05) is 24.7 Å². The average molecular weight is 362 g/mol. The molecule has 1 aromatic rings. The predicted octanol–water partition coefficient (Wildman–Crippen LogP) is 4.71. The molecule has 0 aromatic heterocycles. The first-order valence-corrected chi connectivity index (χ1v) is 8.39. The third-order valence-corrected chi connectivity index (χ3v) is 3.13. The van der Waals surface area contributed by atoms with Gasteiger partial charge in [0.1, 0.15) is 12.9 Å². The van der Waals surface area contributed by atoms with Gasteiger partial charge in [0.25, 0.3) is 0 Å². The zero-order valence-electron chi connectivity index (χ0n) is 15.7.